The Kier molecular flexibility index (Phi) is 3.66. The molecule has 19 heavy (non-hydrogen) atoms. The van der Waals surface area contributed by atoms with E-state index >= 15 is 0 Å². The van der Waals surface area contributed by atoms with Gasteiger partial charge in [-0.25, -0.2) is 9.18 Å². The maximum Gasteiger partial charge on any atom is 0.328 e. The third-order valence-electron chi connectivity index (χ3n) is 2.96. The highest BCUT2D eigenvalue weighted by Crippen LogP contribution is 2.24. The molecule has 0 spiro atoms. The van der Waals surface area contributed by atoms with E-state index in [-0.39, 0.29) is 24.4 Å². The first-order valence-corrected chi connectivity index (χ1v) is 5.67. The average molecular weight is 268 g/mol. The lowest BCUT2D eigenvalue weighted by Crippen LogP contribution is -2.50. The number of carboxylic acid groups (broad SMARTS) is 1. The molecular weight excluding hydrogens is 255 g/mol. The average Bonchev–Trinajstić information content (AvgIpc) is 2.38. The molecule has 0 bridgehead atoms. The molecule has 7 heteroatoms. The van der Waals surface area contributed by atoms with E-state index in [0.717, 1.165) is 6.07 Å². The lowest BCUT2D eigenvalue weighted by Gasteiger charge is -2.34. The summed E-state index contributed by atoms with van der Waals surface area (Å²) < 4.78 is 19.0. The number of ether oxygens (including phenoxy) is 1. The quantitative estimate of drug-likeness (QED) is 0.817. The summed E-state index contributed by atoms with van der Waals surface area (Å²) in [5.41, 5.74) is 5.22. The number of carbonyl (C=O) groups excluding carboxylic acids is 1. The molecular formula is C12H13FN2O4. The summed E-state index contributed by atoms with van der Waals surface area (Å²) in [5.74, 6) is -2.50. The summed E-state index contributed by atoms with van der Waals surface area (Å²) in [7, 11) is 0. The minimum absolute atomic E-state index is 0.00760. The first-order valence-electron chi connectivity index (χ1n) is 5.67. The van der Waals surface area contributed by atoms with Crippen LogP contribution in [0.25, 0.3) is 0 Å². The number of benzene rings is 1. The van der Waals surface area contributed by atoms with Crippen LogP contribution in [-0.4, -0.2) is 42.8 Å². The third-order valence-corrected chi connectivity index (χ3v) is 2.96. The molecule has 1 aromatic rings. The fraction of sp³-hybridized carbons (Fsp3) is 0.333. The van der Waals surface area contributed by atoms with Gasteiger partial charge in [0.25, 0.3) is 0 Å². The van der Waals surface area contributed by atoms with E-state index in [1.807, 2.05) is 0 Å². The van der Waals surface area contributed by atoms with Gasteiger partial charge in [-0.05, 0) is 18.2 Å². The number of nitrogens with two attached hydrogens (primary N) is 1. The molecule has 0 radical (unpaired) electrons. The summed E-state index contributed by atoms with van der Waals surface area (Å²) in [5, 5.41) is 9.09. The number of carboxylic acids is 1. The molecule has 1 atom stereocenters. The summed E-state index contributed by atoms with van der Waals surface area (Å²) in [6.45, 7) is 0.580. The maximum absolute atomic E-state index is 13.9. The summed E-state index contributed by atoms with van der Waals surface area (Å²) in [4.78, 5) is 23.5. The van der Waals surface area contributed by atoms with Gasteiger partial charge in [-0.1, -0.05) is 0 Å². The summed E-state index contributed by atoms with van der Waals surface area (Å²) >= 11 is 0. The molecule has 1 heterocycles. The van der Waals surface area contributed by atoms with Crippen LogP contribution in [0.5, 0.6) is 0 Å². The number of halogens is 1. The standard InChI is InChI=1S/C12H13FN2O4/c13-8-5-7(11(14)16)1-2-9(8)15-3-4-19-6-10(15)12(17)18/h1-2,5,10H,3-4,6H2,(H2,14,16)(H,17,18). The molecule has 1 aliphatic heterocycles. The Morgan fingerprint density at radius 2 is 2.21 bits per heavy atom. The van der Waals surface area contributed by atoms with Crippen LogP contribution in [0.1, 0.15) is 10.4 Å². The fourth-order valence-corrected chi connectivity index (χ4v) is 1.99. The van der Waals surface area contributed by atoms with Gasteiger partial charge < -0.3 is 20.5 Å². The molecule has 1 fully saturated rings. The van der Waals surface area contributed by atoms with Gasteiger partial charge in [0, 0.05) is 12.1 Å². The largest absolute Gasteiger partial charge is 0.480 e. The van der Waals surface area contributed by atoms with Gasteiger partial charge in [-0.15, -0.1) is 0 Å². The molecule has 0 aliphatic carbocycles. The number of amides is 1. The Labute approximate surface area is 108 Å². The SMILES string of the molecule is NC(=O)c1ccc(N2CCOCC2C(=O)O)c(F)c1. The zero-order valence-corrected chi connectivity index (χ0v) is 10.0. The van der Waals surface area contributed by atoms with Crippen LogP contribution in [0.2, 0.25) is 0 Å². The van der Waals surface area contributed by atoms with Gasteiger partial charge in [0.2, 0.25) is 5.91 Å². The van der Waals surface area contributed by atoms with E-state index in [4.69, 9.17) is 15.6 Å². The van der Waals surface area contributed by atoms with Gasteiger partial charge >= 0.3 is 5.97 Å². The zero-order chi connectivity index (χ0) is 14.0. The van der Waals surface area contributed by atoms with E-state index in [0.29, 0.717) is 6.61 Å². The van der Waals surface area contributed by atoms with E-state index < -0.39 is 23.7 Å². The van der Waals surface area contributed by atoms with Crippen molar-refractivity contribution in [2.45, 2.75) is 6.04 Å². The number of rotatable bonds is 3. The lowest BCUT2D eigenvalue weighted by molar-refractivity contribution is -0.141. The highest BCUT2D eigenvalue weighted by molar-refractivity contribution is 5.93. The number of primary amides is 1. The van der Waals surface area contributed by atoms with Crippen molar-refractivity contribution in [1.82, 2.24) is 0 Å². The second kappa shape index (κ2) is 5.23. The number of carbonyl (C=O) groups is 2. The minimum atomic E-state index is -1.09. The topological polar surface area (TPSA) is 92.9 Å². The normalized spacial score (nSPS) is 19.2. The Bertz CT molecular complexity index is 520. The first-order chi connectivity index (χ1) is 9.00. The zero-order valence-electron chi connectivity index (χ0n) is 10.0. The van der Waals surface area contributed by atoms with Crippen molar-refractivity contribution in [2.24, 2.45) is 5.73 Å². The van der Waals surface area contributed by atoms with Crippen LogP contribution in [0.4, 0.5) is 10.1 Å². The van der Waals surface area contributed by atoms with Crippen molar-refractivity contribution < 1.29 is 23.8 Å². The third kappa shape index (κ3) is 2.65. The summed E-state index contributed by atoms with van der Waals surface area (Å²) in [6, 6.07) is 2.79. The molecule has 3 N–H and O–H groups in total. The van der Waals surface area contributed by atoms with Crippen molar-refractivity contribution in [2.75, 3.05) is 24.7 Å². The Morgan fingerprint density at radius 1 is 1.47 bits per heavy atom. The van der Waals surface area contributed by atoms with Crippen molar-refractivity contribution in [1.29, 1.82) is 0 Å². The lowest BCUT2D eigenvalue weighted by atomic mass is 10.1. The van der Waals surface area contributed by atoms with Crippen molar-refractivity contribution in [3.05, 3.63) is 29.6 Å². The smallest absolute Gasteiger partial charge is 0.328 e. The maximum atomic E-state index is 13.9. The molecule has 0 saturated carbocycles. The molecule has 6 nitrogen and oxygen atoms in total. The van der Waals surface area contributed by atoms with E-state index in [2.05, 4.69) is 0 Å². The van der Waals surface area contributed by atoms with Crippen LogP contribution in [0.3, 0.4) is 0 Å². The number of hydrogen-bond acceptors (Lipinski definition) is 4. The predicted octanol–water partition coefficient (Wildman–Crippen LogP) is 0.214. The number of morpholine rings is 1. The van der Waals surface area contributed by atoms with Crippen molar-refractivity contribution in [3.8, 4) is 0 Å². The van der Waals surface area contributed by atoms with Gasteiger partial charge in [0.05, 0.1) is 18.9 Å². The van der Waals surface area contributed by atoms with Gasteiger partial charge in [0.1, 0.15) is 5.82 Å². The highest BCUT2D eigenvalue weighted by Gasteiger charge is 2.31. The molecule has 1 unspecified atom stereocenters. The molecule has 1 saturated heterocycles. The highest BCUT2D eigenvalue weighted by atomic mass is 19.1. The number of hydrogen-bond donors (Lipinski definition) is 2. The number of aliphatic carboxylic acids is 1. The Morgan fingerprint density at radius 3 is 2.79 bits per heavy atom. The second-order valence-electron chi connectivity index (χ2n) is 4.15. The van der Waals surface area contributed by atoms with Crippen LogP contribution < -0.4 is 10.6 Å². The van der Waals surface area contributed by atoms with Gasteiger partial charge in [-0.2, -0.15) is 0 Å². The van der Waals surface area contributed by atoms with E-state index in [1.165, 1.54) is 17.0 Å². The van der Waals surface area contributed by atoms with Crippen LogP contribution in [-0.2, 0) is 9.53 Å². The predicted molar refractivity (Wildman–Crippen MR) is 64.5 cm³/mol. The van der Waals surface area contributed by atoms with Crippen LogP contribution >= 0.6 is 0 Å². The van der Waals surface area contributed by atoms with Gasteiger partial charge in [-0.3, -0.25) is 4.79 Å². The second-order valence-corrected chi connectivity index (χ2v) is 4.15. The monoisotopic (exact) mass is 268 g/mol. The number of anilines is 1. The Balaban J connectivity index is 2.34. The van der Waals surface area contributed by atoms with E-state index in [1.54, 1.807) is 0 Å². The van der Waals surface area contributed by atoms with Crippen molar-refractivity contribution in [3.63, 3.8) is 0 Å². The van der Waals surface area contributed by atoms with Crippen LogP contribution in [0.15, 0.2) is 18.2 Å². The molecule has 0 aromatic heterocycles. The van der Waals surface area contributed by atoms with Gasteiger partial charge in [0.15, 0.2) is 6.04 Å². The Hall–Kier alpha value is -2.15. The number of nitrogens with zero attached hydrogens (tertiary/aromatic N) is 1. The summed E-state index contributed by atoms with van der Waals surface area (Å²) in [6.07, 6.45) is 0. The van der Waals surface area contributed by atoms with Crippen LogP contribution in [0, 0.1) is 5.82 Å². The molecule has 1 aromatic carbocycles. The van der Waals surface area contributed by atoms with Crippen molar-refractivity contribution >= 4 is 17.6 Å². The molecule has 1 amide bonds. The molecule has 1 aliphatic rings. The first kappa shape index (κ1) is 13.3. The van der Waals surface area contributed by atoms with E-state index in [9.17, 15) is 14.0 Å². The fourth-order valence-electron chi connectivity index (χ4n) is 1.99. The molecule has 102 valence electrons. The molecule has 2 rings (SSSR count). The minimum Gasteiger partial charge on any atom is -0.480 e.